The van der Waals surface area contributed by atoms with Crippen molar-refractivity contribution in [3.05, 3.63) is 23.3 Å². The van der Waals surface area contributed by atoms with Crippen LogP contribution >= 0.6 is 0 Å². The van der Waals surface area contributed by atoms with Crippen LogP contribution in [0.25, 0.3) is 0 Å². The van der Waals surface area contributed by atoms with Crippen molar-refractivity contribution in [2.45, 2.75) is 44.6 Å². The quantitative estimate of drug-likeness (QED) is 0.817. The first kappa shape index (κ1) is 17.7. The molecule has 2 aliphatic heterocycles. The van der Waals surface area contributed by atoms with E-state index in [0.717, 1.165) is 36.3 Å². The van der Waals surface area contributed by atoms with Crippen molar-refractivity contribution < 1.29 is 13.2 Å². The van der Waals surface area contributed by atoms with Crippen molar-refractivity contribution in [3.8, 4) is 0 Å². The number of nitrogens with zero attached hydrogens (tertiary/aromatic N) is 4. The summed E-state index contributed by atoms with van der Waals surface area (Å²) in [5.74, 6) is 1.01. The van der Waals surface area contributed by atoms with Crippen LogP contribution in [-0.2, 0) is 27.0 Å². The lowest BCUT2D eigenvalue weighted by Gasteiger charge is -2.44. The molecule has 0 radical (unpaired) electrons. The summed E-state index contributed by atoms with van der Waals surface area (Å²) < 4.78 is 34.1. The van der Waals surface area contributed by atoms with Crippen molar-refractivity contribution in [2.75, 3.05) is 33.8 Å². The lowest BCUT2D eigenvalue weighted by atomic mass is 9.85. The Hall–Kier alpha value is -1.09. The molecule has 0 N–H and O–H groups in total. The van der Waals surface area contributed by atoms with Gasteiger partial charge in [0, 0.05) is 39.3 Å². The molecule has 7 nitrogen and oxygen atoms in total. The number of piperidine rings is 1. The van der Waals surface area contributed by atoms with Crippen molar-refractivity contribution in [2.24, 2.45) is 0 Å². The molecule has 3 heterocycles. The van der Waals surface area contributed by atoms with Gasteiger partial charge in [-0.1, -0.05) is 13.8 Å². The van der Waals surface area contributed by atoms with Gasteiger partial charge in [-0.15, -0.1) is 0 Å². The van der Waals surface area contributed by atoms with E-state index in [1.807, 2.05) is 6.20 Å². The zero-order chi connectivity index (χ0) is 17.5. The lowest BCUT2D eigenvalue weighted by Crippen LogP contribution is -2.54. The third-order valence-electron chi connectivity index (χ3n) is 4.79. The summed E-state index contributed by atoms with van der Waals surface area (Å²) in [4.78, 5) is 9.24. The van der Waals surface area contributed by atoms with Gasteiger partial charge in [0.2, 0.25) is 0 Å². The summed E-state index contributed by atoms with van der Waals surface area (Å²) in [6.45, 7) is 5.52. The maximum Gasteiger partial charge on any atom is 0.281 e. The maximum atomic E-state index is 12.6. The van der Waals surface area contributed by atoms with E-state index in [9.17, 15) is 8.42 Å². The van der Waals surface area contributed by atoms with Crippen molar-refractivity contribution in [1.82, 2.24) is 18.6 Å². The average molecular weight is 354 g/mol. The Morgan fingerprint density at radius 1 is 1.38 bits per heavy atom. The normalized spacial score (nSPS) is 25.4. The first-order valence-electron chi connectivity index (χ1n) is 8.44. The van der Waals surface area contributed by atoms with Gasteiger partial charge in [-0.25, -0.2) is 9.97 Å². The standard InChI is InChI=1S/C16H26N4O3S/c1-12(2)15-17-10-13-6-9-23-16(14(13)18-15)7-5-8-20(11-16)24(21,22)19(3)4/h10,12H,5-9,11H2,1-4H3/t16-/m1/s1. The molecule has 0 bridgehead atoms. The molecule has 3 rings (SSSR count). The Kier molecular flexibility index (Phi) is 4.67. The highest BCUT2D eigenvalue weighted by molar-refractivity contribution is 7.86. The van der Waals surface area contributed by atoms with Crippen LogP contribution in [0, 0.1) is 0 Å². The maximum absolute atomic E-state index is 12.6. The molecule has 2 aliphatic rings. The smallest absolute Gasteiger partial charge is 0.281 e. The van der Waals surface area contributed by atoms with Gasteiger partial charge < -0.3 is 4.74 Å². The van der Waals surface area contributed by atoms with E-state index in [4.69, 9.17) is 9.72 Å². The number of hydrogen-bond acceptors (Lipinski definition) is 5. The number of fused-ring (bicyclic) bond motifs is 2. The minimum absolute atomic E-state index is 0.222. The lowest BCUT2D eigenvalue weighted by molar-refractivity contribution is -0.0941. The summed E-state index contributed by atoms with van der Waals surface area (Å²) in [6, 6.07) is 0. The average Bonchev–Trinajstić information content (AvgIpc) is 2.55. The molecule has 1 atom stereocenters. The second-order valence-corrected chi connectivity index (χ2v) is 9.22. The summed E-state index contributed by atoms with van der Waals surface area (Å²) >= 11 is 0. The molecule has 0 amide bonds. The molecule has 1 aromatic heterocycles. The third kappa shape index (κ3) is 2.96. The topological polar surface area (TPSA) is 75.6 Å². The highest BCUT2D eigenvalue weighted by Crippen LogP contribution is 2.40. The van der Waals surface area contributed by atoms with Gasteiger partial charge in [0.25, 0.3) is 10.2 Å². The first-order chi connectivity index (χ1) is 11.3. The largest absolute Gasteiger partial charge is 0.367 e. The zero-order valence-electron chi connectivity index (χ0n) is 14.8. The number of ether oxygens (including phenoxy) is 1. The zero-order valence-corrected chi connectivity index (χ0v) is 15.6. The van der Waals surface area contributed by atoms with Gasteiger partial charge in [0.15, 0.2) is 0 Å². The predicted octanol–water partition coefficient (Wildman–Crippen LogP) is 1.27. The molecule has 1 spiro atoms. The van der Waals surface area contributed by atoms with Crippen LogP contribution in [0.15, 0.2) is 6.20 Å². The molecule has 1 aromatic rings. The van der Waals surface area contributed by atoms with Crippen molar-refractivity contribution >= 4 is 10.2 Å². The molecule has 0 saturated carbocycles. The molecule has 134 valence electrons. The van der Waals surface area contributed by atoms with Gasteiger partial charge in [0.05, 0.1) is 12.3 Å². The van der Waals surface area contributed by atoms with E-state index in [2.05, 4.69) is 18.8 Å². The van der Waals surface area contributed by atoms with Crippen LogP contribution in [0.5, 0.6) is 0 Å². The number of aromatic nitrogens is 2. The second-order valence-electron chi connectivity index (χ2n) is 7.08. The van der Waals surface area contributed by atoms with E-state index < -0.39 is 15.8 Å². The molecule has 0 aromatic carbocycles. The Morgan fingerprint density at radius 2 is 2.12 bits per heavy atom. The Labute approximate surface area is 144 Å². The van der Waals surface area contributed by atoms with Gasteiger partial charge in [-0.3, -0.25) is 0 Å². The fraction of sp³-hybridized carbons (Fsp3) is 0.750. The minimum Gasteiger partial charge on any atom is -0.367 e. The number of hydrogen-bond donors (Lipinski definition) is 0. The predicted molar refractivity (Wildman–Crippen MR) is 90.9 cm³/mol. The SMILES string of the molecule is CC(C)c1ncc2c(n1)[C@]1(CCCN(S(=O)(=O)N(C)C)C1)OCC2. The fourth-order valence-corrected chi connectivity index (χ4v) is 4.62. The fourth-order valence-electron chi connectivity index (χ4n) is 3.42. The Morgan fingerprint density at radius 3 is 2.79 bits per heavy atom. The van der Waals surface area contributed by atoms with Crippen LogP contribution in [0.2, 0.25) is 0 Å². The molecule has 8 heteroatoms. The van der Waals surface area contributed by atoms with E-state index >= 15 is 0 Å². The molecule has 1 saturated heterocycles. The van der Waals surface area contributed by atoms with E-state index in [1.54, 1.807) is 14.1 Å². The van der Waals surface area contributed by atoms with E-state index in [0.29, 0.717) is 19.7 Å². The molecule has 0 aliphatic carbocycles. The molecule has 1 fully saturated rings. The highest BCUT2D eigenvalue weighted by atomic mass is 32.2. The highest BCUT2D eigenvalue weighted by Gasteiger charge is 2.46. The molecule has 24 heavy (non-hydrogen) atoms. The third-order valence-corrected chi connectivity index (χ3v) is 6.68. The monoisotopic (exact) mass is 354 g/mol. The van der Waals surface area contributed by atoms with Crippen LogP contribution in [0.3, 0.4) is 0 Å². The van der Waals surface area contributed by atoms with Gasteiger partial charge in [0.1, 0.15) is 11.4 Å². The van der Waals surface area contributed by atoms with Crippen LogP contribution in [0.4, 0.5) is 0 Å². The Balaban J connectivity index is 2.01. The van der Waals surface area contributed by atoms with Crippen LogP contribution in [-0.4, -0.2) is 60.8 Å². The summed E-state index contributed by atoms with van der Waals surface area (Å²) in [6.07, 6.45) is 4.21. The van der Waals surface area contributed by atoms with Crippen LogP contribution < -0.4 is 0 Å². The molecule has 0 unspecified atom stereocenters. The minimum atomic E-state index is -3.46. The molecular weight excluding hydrogens is 328 g/mol. The first-order valence-corrected chi connectivity index (χ1v) is 9.84. The van der Waals surface area contributed by atoms with Crippen molar-refractivity contribution in [3.63, 3.8) is 0 Å². The van der Waals surface area contributed by atoms with Gasteiger partial charge >= 0.3 is 0 Å². The van der Waals surface area contributed by atoms with Gasteiger partial charge in [-0.2, -0.15) is 17.0 Å². The summed E-state index contributed by atoms with van der Waals surface area (Å²) in [7, 11) is -0.339. The van der Waals surface area contributed by atoms with Crippen LogP contribution in [0.1, 0.15) is 49.7 Å². The Bertz CT molecular complexity index is 720. The second kappa shape index (κ2) is 6.33. The van der Waals surface area contributed by atoms with Crippen molar-refractivity contribution in [1.29, 1.82) is 0 Å². The number of rotatable bonds is 3. The van der Waals surface area contributed by atoms with E-state index in [-0.39, 0.29) is 5.92 Å². The summed E-state index contributed by atoms with van der Waals surface area (Å²) in [5.41, 5.74) is 1.31. The van der Waals surface area contributed by atoms with E-state index in [1.165, 1.54) is 8.61 Å². The molecular formula is C16H26N4O3S. The van der Waals surface area contributed by atoms with Gasteiger partial charge in [-0.05, 0) is 24.8 Å². The summed E-state index contributed by atoms with van der Waals surface area (Å²) in [5, 5.41) is 0.